The number of benzene rings is 1. The van der Waals surface area contributed by atoms with E-state index in [4.69, 9.17) is 9.47 Å². The number of ether oxygens (including phenoxy) is 2. The zero-order valence-corrected chi connectivity index (χ0v) is 23.1. The molecule has 2 saturated heterocycles. The molecular weight excluding hydrogens is 524 g/mol. The van der Waals surface area contributed by atoms with Gasteiger partial charge in [0.15, 0.2) is 10.3 Å². The average Bonchev–Trinajstić information content (AvgIpc) is 3.68. The lowest BCUT2D eigenvalue weighted by Gasteiger charge is -2.35. The van der Waals surface area contributed by atoms with Gasteiger partial charge in [0.2, 0.25) is 0 Å². The Bertz CT molecular complexity index is 971. The van der Waals surface area contributed by atoms with Crippen LogP contribution in [0.1, 0.15) is 0 Å². The lowest BCUT2D eigenvalue weighted by Crippen LogP contribution is -2.49. The van der Waals surface area contributed by atoms with Gasteiger partial charge in [-0.1, -0.05) is 0 Å². The molecule has 0 unspecified atom stereocenters. The number of aliphatic hydroxyl groups is 2. The van der Waals surface area contributed by atoms with Crippen molar-refractivity contribution in [2.24, 2.45) is 0 Å². The van der Waals surface area contributed by atoms with Gasteiger partial charge in [-0.3, -0.25) is 9.80 Å². The van der Waals surface area contributed by atoms with Crippen LogP contribution in [0.4, 0.5) is 10.3 Å². The maximum Gasteiger partial charge on any atom is 0.185 e. The van der Waals surface area contributed by atoms with Gasteiger partial charge in [0.05, 0.1) is 0 Å². The molecule has 10 nitrogen and oxygen atoms in total. The summed E-state index contributed by atoms with van der Waals surface area (Å²) in [4.78, 5) is 17.9. The van der Waals surface area contributed by atoms with E-state index in [2.05, 4.69) is 29.6 Å². The predicted molar refractivity (Wildman–Crippen MR) is 151 cm³/mol. The fourth-order valence-electron chi connectivity index (χ4n) is 4.71. The fraction of sp³-hybridized carbons (Fsp3) is 0.538. The molecule has 12 heteroatoms. The maximum atomic E-state index is 10.5. The first-order valence-electron chi connectivity index (χ1n) is 13.1. The standard InChI is InChI=1S/C26H36N6O4S2/c33-21(17-29-7-11-31(12-8-29)25-27-5-15-37-25)19-35-23-1-2-24(4-3-23)36-20-22(34)18-30-9-13-32(14-10-30)26-28-6-16-38-26/h1-6,15-16,21-22,33-34H,7-14,17-20H2/t21-,22+. The average molecular weight is 561 g/mol. The van der Waals surface area contributed by atoms with E-state index >= 15 is 0 Å². The van der Waals surface area contributed by atoms with Gasteiger partial charge in [0.25, 0.3) is 0 Å². The summed E-state index contributed by atoms with van der Waals surface area (Å²) in [5, 5.41) is 27.0. The second-order valence-corrected chi connectivity index (χ2v) is 11.4. The minimum atomic E-state index is -0.559. The number of β-amino-alcohol motifs (C(OH)–C–C–N with tert-alkyl or cyclic N) is 2. The van der Waals surface area contributed by atoms with Gasteiger partial charge in [0, 0.05) is 88.6 Å². The summed E-state index contributed by atoms with van der Waals surface area (Å²) in [6, 6.07) is 7.33. The normalized spacial score (nSPS) is 18.9. The molecular formula is C26H36N6O4S2. The van der Waals surface area contributed by atoms with Crippen LogP contribution in [0.5, 0.6) is 11.5 Å². The third-order valence-corrected chi connectivity index (χ3v) is 8.44. The summed E-state index contributed by atoms with van der Waals surface area (Å²) in [6.45, 7) is 8.92. The molecule has 2 N–H and O–H groups in total. The van der Waals surface area contributed by atoms with Crippen molar-refractivity contribution in [3.8, 4) is 11.5 Å². The topological polar surface area (TPSA) is 97.7 Å². The van der Waals surface area contributed by atoms with Crippen molar-refractivity contribution < 1.29 is 19.7 Å². The molecule has 2 aliphatic rings. The van der Waals surface area contributed by atoms with Gasteiger partial charge >= 0.3 is 0 Å². The number of hydrogen-bond acceptors (Lipinski definition) is 12. The highest BCUT2D eigenvalue weighted by Crippen LogP contribution is 2.21. The van der Waals surface area contributed by atoms with Gasteiger partial charge in [0.1, 0.15) is 36.9 Å². The van der Waals surface area contributed by atoms with E-state index in [1.54, 1.807) is 22.7 Å². The Hall–Kier alpha value is -2.48. The van der Waals surface area contributed by atoms with Crippen molar-refractivity contribution in [1.29, 1.82) is 0 Å². The maximum absolute atomic E-state index is 10.5. The zero-order chi connectivity index (χ0) is 26.2. The van der Waals surface area contributed by atoms with Gasteiger partial charge in [-0.25, -0.2) is 9.97 Å². The van der Waals surface area contributed by atoms with E-state index in [9.17, 15) is 10.2 Å². The summed E-state index contributed by atoms with van der Waals surface area (Å²) < 4.78 is 11.6. The summed E-state index contributed by atoms with van der Waals surface area (Å²) in [6.07, 6.45) is 2.56. The number of hydrogen-bond donors (Lipinski definition) is 2. The first-order chi connectivity index (χ1) is 18.6. The van der Waals surface area contributed by atoms with Gasteiger partial charge in [-0.05, 0) is 24.3 Å². The van der Waals surface area contributed by atoms with Crippen LogP contribution in [-0.4, -0.2) is 121 Å². The highest BCUT2D eigenvalue weighted by molar-refractivity contribution is 7.13. The fourth-order valence-corrected chi connectivity index (χ4v) is 6.10. The number of aromatic nitrogens is 2. The van der Waals surface area contributed by atoms with Crippen LogP contribution in [0.3, 0.4) is 0 Å². The monoisotopic (exact) mass is 560 g/mol. The van der Waals surface area contributed by atoms with Crippen LogP contribution < -0.4 is 19.3 Å². The van der Waals surface area contributed by atoms with E-state index in [1.807, 2.05) is 47.4 Å². The molecule has 3 aromatic rings. The van der Waals surface area contributed by atoms with E-state index in [1.165, 1.54) is 0 Å². The lowest BCUT2D eigenvalue weighted by molar-refractivity contribution is 0.0650. The van der Waals surface area contributed by atoms with Crippen LogP contribution in [-0.2, 0) is 0 Å². The SMILES string of the molecule is O[C@H](COc1ccc(OC[C@H](O)CN2CCN(c3nccs3)CC2)cc1)CN1CCN(c2nccs2)CC1. The lowest BCUT2D eigenvalue weighted by atomic mass is 10.2. The van der Waals surface area contributed by atoms with Gasteiger partial charge in [-0.2, -0.15) is 0 Å². The molecule has 1 aromatic carbocycles. The Kier molecular flexibility index (Phi) is 9.66. The molecule has 0 aliphatic carbocycles. The molecule has 2 fully saturated rings. The molecule has 206 valence electrons. The summed E-state index contributed by atoms with van der Waals surface area (Å²) >= 11 is 3.33. The Balaban J connectivity index is 0.951. The van der Waals surface area contributed by atoms with Crippen molar-refractivity contribution in [1.82, 2.24) is 19.8 Å². The van der Waals surface area contributed by atoms with Crippen molar-refractivity contribution in [3.63, 3.8) is 0 Å². The van der Waals surface area contributed by atoms with E-state index in [-0.39, 0.29) is 13.2 Å². The molecule has 4 heterocycles. The first kappa shape index (κ1) is 27.1. The number of aliphatic hydroxyl groups excluding tert-OH is 2. The third kappa shape index (κ3) is 7.78. The number of rotatable bonds is 12. The highest BCUT2D eigenvalue weighted by atomic mass is 32.1. The largest absolute Gasteiger partial charge is 0.491 e. The summed E-state index contributed by atoms with van der Waals surface area (Å²) in [7, 11) is 0. The second kappa shape index (κ2) is 13.5. The van der Waals surface area contributed by atoms with Crippen LogP contribution in [0.25, 0.3) is 0 Å². The van der Waals surface area contributed by atoms with Crippen LogP contribution in [0.15, 0.2) is 47.4 Å². The molecule has 2 aromatic heterocycles. The number of piperazine rings is 2. The highest BCUT2D eigenvalue weighted by Gasteiger charge is 2.22. The smallest absolute Gasteiger partial charge is 0.185 e. The molecule has 5 rings (SSSR count). The Labute approximate surface area is 231 Å². The molecule has 0 bridgehead atoms. The Morgan fingerprint density at radius 2 is 1.05 bits per heavy atom. The van der Waals surface area contributed by atoms with Crippen molar-refractivity contribution in [2.75, 3.05) is 88.5 Å². The molecule has 0 amide bonds. The second-order valence-electron chi connectivity index (χ2n) is 9.61. The molecule has 0 spiro atoms. The minimum Gasteiger partial charge on any atom is -0.491 e. The van der Waals surface area contributed by atoms with Crippen LogP contribution in [0.2, 0.25) is 0 Å². The van der Waals surface area contributed by atoms with Gasteiger partial charge in [-0.15, -0.1) is 22.7 Å². The molecule has 38 heavy (non-hydrogen) atoms. The summed E-state index contributed by atoms with van der Waals surface area (Å²) in [5.41, 5.74) is 0. The molecule has 2 aliphatic heterocycles. The predicted octanol–water partition coefficient (Wildman–Crippen LogP) is 1.72. The number of anilines is 2. The minimum absolute atomic E-state index is 0.238. The van der Waals surface area contributed by atoms with E-state index in [0.717, 1.165) is 62.6 Å². The molecule has 0 saturated carbocycles. The molecule has 0 radical (unpaired) electrons. The van der Waals surface area contributed by atoms with Crippen LogP contribution >= 0.6 is 22.7 Å². The number of thiazole rings is 2. The summed E-state index contributed by atoms with van der Waals surface area (Å²) in [5.74, 6) is 1.37. The van der Waals surface area contributed by atoms with E-state index < -0.39 is 12.2 Å². The van der Waals surface area contributed by atoms with E-state index in [0.29, 0.717) is 24.6 Å². The van der Waals surface area contributed by atoms with Crippen molar-refractivity contribution >= 4 is 32.9 Å². The van der Waals surface area contributed by atoms with Crippen molar-refractivity contribution in [3.05, 3.63) is 47.4 Å². The zero-order valence-electron chi connectivity index (χ0n) is 21.5. The first-order valence-corrected chi connectivity index (χ1v) is 14.8. The van der Waals surface area contributed by atoms with Crippen molar-refractivity contribution in [2.45, 2.75) is 12.2 Å². The van der Waals surface area contributed by atoms with Crippen LogP contribution in [0, 0.1) is 0 Å². The van der Waals surface area contributed by atoms with Gasteiger partial charge < -0.3 is 29.5 Å². The molecule has 2 atom stereocenters. The third-order valence-electron chi connectivity index (χ3n) is 6.77. The quantitative estimate of drug-likeness (QED) is 0.341. The Morgan fingerprint density at radius 3 is 1.39 bits per heavy atom. The Morgan fingerprint density at radius 1 is 0.658 bits per heavy atom. The number of nitrogens with zero attached hydrogens (tertiary/aromatic N) is 6.